The first kappa shape index (κ1) is 18.5. The second-order valence-electron chi connectivity index (χ2n) is 6.44. The minimum Gasteiger partial charge on any atom is -0.360 e. The summed E-state index contributed by atoms with van der Waals surface area (Å²) < 4.78 is 0.844. The zero-order valence-corrected chi connectivity index (χ0v) is 16.1. The number of rotatable bonds is 7. The van der Waals surface area contributed by atoms with E-state index in [9.17, 15) is 4.79 Å². The van der Waals surface area contributed by atoms with Crippen LogP contribution in [0.15, 0.2) is 4.34 Å². The third-order valence-electron chi connectivity index (χ3n) is 4.61. The van der Waals surface area contributed by atoms with Crippen LogP contribution in [0.2, 0.25) is 0 Å². The Morgan fingerprint density at radius 1 is 1.39 bits per heavy atom. The molecule has 4 atom stereocenters. The van der Waals surface area contributed by atoms with E-state index in [1.165, 1.54) is 35.9 Å². The number of nitrogens with one attached hydrogen (secondary N) is 2. The van der Waals surface area contributed by atoms with Gasteiger partial charge in [-0.25, -0.2) is 0 Å². The van der Waals surface area contributed by atoms with E-state index >= 15 is 0 Å². The molecule has 1 aromatic heterocycles. The van der Waals surface area contributed by atoms with Crippen molar-refractivity contribution in [1.82, 2.24) is 15.5 Å². The van der Waals surface area contributed by atoms with Crippen LogP contribution in [0.4, 0.5) is 5.13 Å². The van der Waals surface area contributed by atoms with Crippen molar-refractivity contribution in [2.75, 3.05) is 11.9 Å². The van der Waals surface area contributed by atoms with Gasteiger partial charge < -0.3 is 10.6 Å². The molecule has 130 valence electrons. The lowest BCUT2D eigenvalue weighted by atomic mass is 9.78. The molecule has 4 unspecified atom stereocenters. The van der Waals surface area contributed by atoms with Crippen molar-refractivity contribution in [3.8, 4) is 0 Å². The summed E-state index contributed by atoms with van der Waals surface area (Å²) in [7, 11) is 0. The molecule has 1 aromatic rings. The molecule has 1 fully saturated rings. The lowest BCUT2D eigenvalue weighted by molar-refractivity contribution is -0.121. The first-order chi connectivity index (χ1) is 11.0. The number of thioether (sulfide) groups is 1. The van der Waals surface area contributed by atoms with E-state index in [1.807, 2.05) is 6.92 Å². The lowest BCUT2D eigenvalue weighted by Gasteiger charge is -2.35. The van der Waals surface area contributed by atoms with Gasteiger partial charge in [-0.3, -0.25) is 4.79 Å². The first-order valence-corrected chi connectivity index (χ1v) is 10.2. The molecule has 0 radical (unpaired) electrons. The van der Waals surface area contributed by atoms with Crippen molar-refractivity contribution in [3.05, 3.63) is 0 Å². The van der Waals surface area contributed by atoms with Crippen LogP contribution in [0.5, 0.6) is 0 Å². The van der Waals surface area contributed by atoms with Gasteiger partial charge in [0.05, 0.1) is 5.25 Å². The molecule has 0 bridgehead atoms. The van der Waals surface area contributed by atoms with Crippen molar-refractivity contribution in [3.63, 3.8) is 0 Å². The normalized spacial score (nSPS) is 25.8. The minimum absolute atomic E-state index is 0.110. The van der Waals surface area contributed by atoms with Crippen molar-refractivity contribution in [2.45, 2.75) is 69.0 Å². The SMILES string of the molecule is CCCNc1nnc(SC(C)C(=O)NC2CCCC(C)C2C)s1. The molecule has 2 N–H and O–H groups in total. The number of carbonyl (C=O) groups is 1. The van der Waals surface area contributed by atoms with Crippen LogP contribution in [0, 0.1) is 11.8 Å². The van der Waals surface area contributed by atoms with Crippen molar-refractivity contribution in [2.24, 2.45) is 11.8 Å². The third kappa shape index (κ3) is 5.35. The van der Waals surface area contributed by atoms with Gasteiger partial charge in [-0.1, -0.05) is 56.7 Å². The molecule has 0 spiro atoms. The highest BCUT2D eigenvalue weighted by Gasteiger charge is 2.29. The molecule has 7 heteroatoms. The molecule has 0 aromatic carbocycles. The van der Waals surface area contributed by atoms with E-state index in [-0.39, 0.29) is 11.2 Å². The van der Waals surface area contributed by atoms with Gasteiger partial charge in [0.25, 0.3) is 0 Å². The molecular formula is C16H28N4OS2. The van der Waals surface area contributed by atoms with E-state index < -0.39 is 0 Å². The summed E-state index contributed by atoms with van der Waals surface area (Å²) in [6, 6.07) is 0.311. The molecule has 23 heavy (non-hydrogen) atoms. The summed E-state index contributed by atoms with van der Waals surface area (Å²) in [4.78, 5) is 12.5. The summed E-state index contributed by atoms with van der Waals surface area (Å²) in [5.74, 6) is 1.35. The van der Waals surface area contributed by atoms with E-state index in [4.69, 9.17) is 0 Å². The zero-order valence-electron chi connectivity index (χ0n) is 14.5. The fourth-order valence-electron chi connectivity index (χ4n) is 2.85. The van der Waals surface area contributed by atoms with Crippen LogP contribution in [-0.4, -0.2) is 33.9 Å². The van der Waals surface area contributed by atoms with Crippen LogP contribution in [0.25, 0.3) is 0 Å². The Morgan fingerprint density at radius 2 is 2.17 bits per heavy atom. The first-order valence-electron chi connectivity index (χ1n) is 8.55. The van der Waals surface area contributed by atoms with Crippen LogP contribution in [0.3, 0.4) is 0 Å². The average molecular weight is 357 g/mol. The van der Waals surface area contributed by atoms with Gasteiger partial charge in [0, 0.05) is 12.6 Å². The van der Waals surface area contributed by atoms with E-state index in [0.29, 0.717) is 17.9 Å². The largest absolute Gasteiger partial charge is 0.360 e. The smallest absolute Gasteiger partial charge is 0.233 e. The summed E-state index contributed by atoms with van der Waals surface area (Å²) in [6.45, 7) is 9.49. The fourth-order valence-corrected chi connectivity index (χ4v) is 4.78. The number of anilines is 1. The number of hydrogen-bond donors (Lipinski definition) is 2. The molecule has 2 rings (SSSR count). The Labute approximate surface area is 147 Å². The predicted molar refractivity (Wildman–Crippen MR) is 98.1 cm³/mol. The van der Waals surface area contributed by atoms with E-state index in [1.54, 1.807) is 0 Å². The Hall–Kier alpha value is -0.820. The highest BCUT2D eigenvalue weighted by atomic mass is 32.2. The summed E-state index contributed by atoms with van der Waals surface area (Å²) >= 11 is 3.00. The van der Waals surface area contributed by atoms with Gasteiger partial charge in [-0.2, -0.15) is 0 Å². The minimum atomic E-state index is -0.147. The Kier molecular flexibility index (Phi) is 7.14. The van der Waals surface area contributed by atoms with Crippen molar-refractivity contribution < 1.29 is 4.79 Å². The Bertz CT molecular complexity index is 508. The fraction of sp³-hybridized carbons (Fsp3) is 0.812. The molecule has 5 nitrogen and oxygen atoms in total. The maximum Gasteiger partial charge on any atom is 0.233 e. The summed E-state index contributed by atoms with van der Waals surface area (Å²) in [5.41, 5.74) is 0. The van der Waals surface area contributed by atoms with Crippen LogP contribution in [-0.2, 0) is 4.79 Å². The van der Waals surface area contributed by atoms with Gasteiger partial charge >= 0.3 is 0 Å². The quantitative estimate of drug-likeness (QED) is 0.728. The van der Waals surface area contributed by atoms with E-state index in [0.717, 1.165) is 28.9 Å². The second-order valence-corrected chi connectivity index (χ2v) is 9.01. The van der Waals surface area contributed by atoms with Crippen molar-refractivity contribution >= 4 is 34.1 Å². The van der Waals surface area contributed by atoms with Gasteiger partial charge in [0.15, 0.2) is 4.34 Å². The zero-order chi connectivity index (χ0) is 16.8. The Balaban J connectivity index is 1.83. The predicted octanol–water partition coefficient (Wildman–Crippen LogP) is 3.78. The molecule has 1 heterocycles. The highest BCUT2D eigenvalue weighted by molar-refractivity contribution is 8.02. The second kappa shape index (κ2) is 8.87. The van der Waals surface area contributed by atoms with Gasteiger partial charge in [-0.05, 0) is 31.6 Å². The van der Waals surface area contributed by atoms with Gasteiger partial charge in [0.1, 0.15) is 0 Å². The maximum absolute atomic E-state index is 12.5. The number of amides is 1. The van der Waals surface area contributed by atoms with Crippen molar-refractivity contribution in [1.29, 1.82) is 0 Å². The molecule has 1 saturated carbocycles. The molecule has 0 aliphatic heterocycles. The van der Waals surface area contributed by atoms with E-state index in [2.05, 4.69) is 41.6 Å². The number of carbonyl (C=O) groups excluding carboxylic acids is 1. The molecule has 1 aliphatic carbocycles. The third-order valence-corrected chi connectivity index (χ3v) is 6.68. The summed E-state index contributed by atoms with van der Waals surface area (Å²) in [5, 5.41) is 15.4. The van der Waals surface area contributed by atoms with Gasteiger partial charge in [-0.15, -0.1) is 10.2 Å². The monoisotopic (exact) mass is 356 g/mol. The highest BCUT2D eigenvalue weighted by Crippen LogP contribution is 2.31. The topological polar surface area (TPSA) is 66.9 Å². The average Bonchev–Trinajstić information content (AvgIpc) is 2.97. The van der Waals surface area contributed by atoms with Crippen LogP contribution >= 0.6 is 23.1 Å². The van der Waals surface area contributed by atoms with Crippen LogP contribution < -0.4 is 10.6 Å². The number of hydrogen-bond acceptors (Lipinski definition) is 6. The van der Waals surface area contributed by atoms with Crippen LogP contribution in [0.1, 0.15) is 53.4 Å². The molecular weight excluding hydrogens is 328 g/mol. The summed E-state index contributed by atoms with van der Waals surface area (Å²) in [6.07, 6.45) is 4.63. The standard InChI is InChI=1S/C16H28N4OS2/c1-5-9-17-15-19-20-16(23-15)22-12(4)14(21)18-13-8-6-7-10(2)11(13)3/h10-13H,5-9H2,1-4H3,(H,17,19)(H,18,21). The molecule has 1 aliphatic rings. The maximum atomic E-state index is 12.5. The number of aromatic nitrogens is 2. The molecule has 1 amide bonds. The Morgan fingerprint density at radius 3 is 2.91 bits per heavy atom. The number of nitrogens with zero attached hydrogens (tertiary/aromatic N) is 2. The van der Waals surface area contributed by atoms with Gasteiger partial charge in [0.2, 0.25) is 11.0 Å². The molecule has 0 saturated heterocycles. The lowest BCUT2D eigenvalue weighted by Crippen LogP contribution is -2.46.